The molecule has 0 amide bonds. The minimum absolute atomic E-state index is 0.00973. The first-order chi connectivity index (χ1) is 18.8. The Balaban J connectivity index is 1.28. The molecule has 1 saturated heterocycles. The third kappa shape index (κ3) is 3.96. The lowest BCUT2D eigenvalue weighted by Gasteiger charge is -2.28. The molecular formula is C27H22F3N5O3S. The highest BCUT2D eigenvalue weighted by molar-refractivity contribution is 7.91. The molecule has 0 saturated carbocycles. The van der Waals surface area contributed by atoms with Crippen molar-refractivity contribution in [3.05, 3.63) is 78.1 Å². The van der Waals surface area contributed by atoms with Gasteiger partial charge in [0.15, 0.2) is 9.84 Å². The molecule has 0 radical (unpaired) electrons. The topological polar surface area (TPSA) is 90.2 Å². The molecule has 200 valence electrons. The van der Waals surface area contributed by atoms with Gasteiger partial charge in [-0.15, -0.1) is 0 Å². The summed E-state index contributed by atoms with van der Waals surface area (Å²) in [7, 11) is -3.04. The molecule has 3 atom stereocenters. The summed E-state index contributed by atoms with van der Waals surface area (Å²) in [5.41, 5.74) is 2.47. The van der Waals surface area contributed by atoms with E-state index in [-0.39, 0.29) is 40.7 Å². The maximum Gasteiger partial charge on any atom is 0.387 e. The molecule has 3 aliphatic rings. The smallest absolute Gasteiger partial charge is 0.387 e. The molecule has 39 heavy (non-hydrogen) atoms. The van der Waals surface area contributed by atoms with Gasteiger partial charge in [-0.3, -0.25) is 0 Å². The third-order valence-electron chi connectivity index (χ3n) is 7.73. The van der Waals surface area contributed by atoms with E-state index >= 15 is 4.39 Å². The Labute approximate surface area is 221 Å². The van der Waals surface area contributed by atoms with E-state index in [0.717, 1.165) is 5.82 Å². The van der Waals surface area contributed by atoms with Crippen molar-refractivity contribution in [2.75, 3.05) is 29.5 Å². The van der Waals surface area contributed by atoms with Gasteiger partial charge in [0, 0.05) is 60.1 Å². The Morgan fingerprint density at radius 3 is 2.46 bits per heavy atom. The van der Waals surface area contributed by atoms with E-state index in [1.807, 2.05) is 16.7 Å². The van der Waals surface area contributed by atoms with E-state index in [9.17, 15) is 17.2 Å². The number of anilines is 1. The zero-order chi connectivity index (χ0) is 26.9. The van der Waals surface area contributed by atoms with Gasteiger partial charge in [0.25, 0.3) is 0 Å². The number of fused-ring (bicyclic) bond motifs is 5. The highest BCUT2D eigenvalue weighted by Crippen LogP contribution is 2.54. The highest BCUT2D eigenvalue weighted by Gasteiger charge is 2.46. The SMILES string of the molecule is O=S1(=O)CCN(c2ncc(-c3cc4c(cc3F)nc3n4[C@@H](c4ccccc4OC(F)F)[C@H]4C=C[C@@H]34)cn2)CC1. The number of hydrogen-bond donors (Lipinski definition) is 0. The van der Waals surface area contributed by atoms with Gasteiger partial charge < -0.3 is 14.2 Å². The van der Waals surface area contributed by atoms with Crippen molar-refractivity contribution in [3.8, 4) is 16.9 Å². The van der Waals surface area contributed by atoms with Gasteiger partial charge in [-0.05, 0) is 12.1 Å². The zero-order valence-electron chi connectivity index (χ0n) is 20.4. The standard InChI is InChI=1S/C27H22F3N5O3S/c28-20-12-21-22(11-19(20)15-13-31-27(32-14-15)34-7-9-39(36,37)10-8-34)35-24(16-5-6-17(16)25(35)33-21)18-3-1-2-4-23(18)38-26(29)30/h1-6,11-14,16-17,24,26H,7-10H2/t16-,17+,24+/m0/s1. The number of rotatable bonds is 5. The molecule has 2 aromatic heterocycles. The molecule has 8 nitrogen and oxygen atoms in total. The first kappa shape index (κ1) is 24.1. The molecular weight excluding hydrogens is 531 g/mol. The number of para-hydroxylation sites is 1. The summed E-state index contributed by atoms with van der Waals surface area (Å²) in [6, 6.07) is 9.45. The molecule has 12 heteroatoms. The van der Waals surface area contributed by atoms with Crippen LogP contribution in [-0.2, 0) is 9.84 Å². The third-order valence-corrected chi connectivity index (χ3v) is 9.34. The fraction of sp³-hybridized carbons (Fsp3) is 0.296. The van der Waals surface area contributed by atoms with Crippen molar-refractivity contribution in [1.82, 2.24) is 19.5 Å². The van der Waals surface area contributed by atoms with Crippen LogP contribution in [0.1, 0.15) is 23.3 Å². The van der Waals surface area contributed by atoms with E-state index in [2.05, 4.69) is 9.97 Å². The quantitative estimate of drug-likeness (QED) is 0.340. The zero-order valence-corrected chi connectivity index (χ0v) is 21.2. The number of ether oxygens (including phenoxy) is 1. The van der Waals surface area contributed by atoms with E-state index in [0.29, 0.717) is 41.2 Å². The first-order valence-corrected chi connectivity index (χ1v) is 14.3. The van der Waals surface area contributed by atoms with Crippen LogP contribution in [0.15, 0.2) is 60.9 Å². The van der Waals surface area contributed by atoms with Crippen molar-refractivity contribution >= 4 is 26.8 Å². The van der Waals surface area contributed by atoms with Crippen LogP contribution < -0.4 is 9.64 Å². The Morgan fingerprint density at radius 1 is 1.03 bits per heavy atom. The van der Waals surface area contributed by atoms with Crippen molar-refractivity contribution in [1.29, 1.82) is 0 Å². The van der Waals surface area contributed by atoms with E-state index in [1.165, 1.54) is 24.5 Å². The number of halogens is 3. The summed E-state index contributed by atoms with van der Waals surface area (Å²) in [6.07, 6.45) is 7.10. The Kier molecular flexibility index (Phi) is 5.45. The van der Waals surface area contributed by atoms with Gasteiger partial charge >= 0.3 is 6.61 Å². The number of aromatic nitrogens is 4. The Morgan fingerprint density at radius 2 is 1.77 bits per heavy atom. The van der Waals surface area contributed by atoms with Gasteiger partial charge in [-0.2, -0.15) is 8.78 Å². The first-order valence-electron chi connectivity index (χ1n) is 12.5. The lowest BCUT2D eigenvalue weighted by Crippen LogP contribution is -2.41. The van der Waals surface area contributed by atoms with Crippen molar-refractivity contribution in [2.45, 2.75) is 18.6 Å². The van der Waals surface area contributed by atoms with Crippen LogP contribution in [0.4, 0.5) is 19.1 Å². The molecule has 0 bridgehead atoms. The molecule has 4 aromatic rings. The maximum atomic E-state index is 15.3. The molecule has 2 aliphatic heterocycles. The molecule has 0 unspecified atom stereocenters. The van der Waals surface area contributed by atoms with Gasteiger partial charge in [-0.1, -0.05) is 30.4 Å². The summed E-state index contributed by atoms with van der Waals surface area (Å²) in [5.74, 6) is 0.837. The number of allylic oxidation sites excluding steroid dienone is 2. The monoisotopic (exact) mass is 553 g/mol. The number of nitrogens with zero attached hydrogens (tertiary/aromatic N) is 5. The summed E-state index contributed by atoms with van der Waals surface area (Å²) >= 11 is 0. The lowest BCUT2D eigenvalue weighted by atomic mass is 9.78. The lowest BCUT2D eigenvalue weighted by molar-refractivity contribution is -0.0507. The molecule has 2 aromatic carbocycles. The predicted octanol–water partition coefficient (Wildman–Crippen LogP) is 4.34. The summed E-state index contributed by atoms with van der Waals surface area (Å²) in [4.78, 5) is 15.3. The van der Waals surface area contributed by atoms with Crippen molar-refractivity contribution in [2.24, 2.45) is 5.92 Å². The second-order valence-corrected chi connectivity index (χ2v) is 12.2. The van der Waals surface area contributed by atoms with Crippen LogP contribution in [0.5, 0.6) is 5.75 Å². The molecule has 4 heterocycles. The second-order valence-electron chi connectivity index (χ2n) is 9.92. The van der Waals surface area contributed by atoms with E-state index in [1.54, 1.807) is 29.2 Å². The number of benzene rings is 2. The fourth-order valence-electron chi connectivity index (χ4n) is 5.78. The normalized spacial score (nSPS) is 23.1. The van der Waals surface area contributed by atoms with Crippen LogP contribution in [0, 0.1) is 11.7 Å². The summed E-state index contributed by atoms with van der Waals surface area (Å²) < 4.78 is 72.0. The summed E-state index contributed by atoms with van der Waals surface area (Å²) in [6.45, 7) is -2.35. The molecule has 7 rings (SSSR count). The van der Waals surface area contributed by atoms with Gasteiger partial charge in [0.05, 0.1) is 28.6 Å². The number of hydrogen-bond acceptors (Lipinski definition) is 7. The van der Waals surface area contributed by atoms with Crippen LogP contribution in [0.25, 0.3) is 22.2 Å². The minimum Gasteiger partial charge on any atom is -0.434 e. The van der Waals surface area contributed by atoms with Crippen LogP contribution in [-0.4, -0.2) is 59.1 Å². The molecule has 0 N–H and O–H groups in total. The molecule has 0 spiro atoms. The van der Waals surface area contributed by atoms with Crippen LogP contribution in [0.3, 0.4) is 0 Å². The van der Waals surface area contributed by atoms with Gasteiger partial charge in [-0.25, -0.2) is 27.8 Å². The van der Waals surface area contributed by atoms with Crippen molar-refractivity contribution in [3.63, 3.8) is 0 Å². The largest absolute Gasteiger partial charge is 0.434 e. The highest BCUT2D eigenvalue weighted by atomic mass is 32.2. The molecule has 1 fully saturated rings. The van der Waals surface area contributed by atoms with Crippen LogP contribution in [0.2, 0.25) is 0 Å². The molecule has 1 aliphatic carbocycles. The Bertz CT molecular complexity index is 1730. The van der Waals surface area contributed by atoms with E-state index < -0.39 is 22.3 Å². The van der Waals surface area contributed by atoms with Gasteiger partial charge in [0.2, 0.25) is 5.95 Å². The van der Waals surface area contributed by atoms with E-state index in [4.69, 9.17) is 9.72 Å². The predicted molar refractivity (Wildman–Crippen MR) is 138 cm³/mol. The average Bonchev–Trinajstić information content (AvgIpc) is 3.32. The average molecular weight is 554 g/mol. The second kappa shape index (κ2) is 8.80. The summed E-state index contributed by atoms with van der Waals surface area (Å²) in [5, 5.41) is 0. The maximum absolute atomic E-state index is 15.3. The number of sulfone groups is 1. The Hall–Kier alpha value is -3.93. The van der Waals surface area contributed by atoms with Crippen molar-refractivity contribution < 1.29 is 26.3 Å². The number of alkyl halides is 2. The fourth-order valence-corrected chi connectivity index (χ4v) is 6.98. The van der Waals surface area contributed by atoms with Crippen LogP contribution >= 0.6 is 0 Å². The van der Waals surface area contributed by atoms with Gasteiger partial charge in [0.1, 0.15) is 17.4 Å². The number of imidazole rings is 1. The minimum atomic E-state index is -3.04.